The average molecular weight is 540 g/mol. The van der Waals surface area contributed by atoms with Crippen molar-refractivity contribution in [1.82, 2.24) is 24.8 Å². The van der Waals surface area contributed by atoms with E-state index in [2.05, 4.69) is 10.3 Å². The average Bonchev–Trinajstić information content (AvgIpc) is 3.75. The van der Waals surface area contributed by atoms with Gasteiger partial charge in [-0.2, -0.15) is 4.68 Å². The number of rotatable bonds is 3. The standard InChI is InChI=1S/C29H25N5O6/c35-28-26(17-5-7-22-24(13-17)39-15-37-22)27(18-6-8-23-25(14-18)40-16-38-23)33(28)19-9-11-32(12-10-19)29(36)34-21-4-2-1-3-20(21)30-31-34/h1-8,13-14,19,26-27H,9-12,15-16H2/t26-,27-/m1/s1. The number of carbonyl (C=O) groups is 2. The molecule has 11 heteroatoms. The van der Waals surface area contributed by atoms with Crippen molar-refractivity contribution in [3.8, 4) is 23.0 Å². The van der Waals surface area contributed by atoms with Gasteiger partial charge >= 0.3 is 6.03 Å². The smallest absolute Gasteiger partial charge is 0.346 e. The van der Waals surface area contributed by atoms with Gasteiger partial charge in [0.25, 0.3) is 0 Å². The highest BCUT2D eigenvalue weighted by Gasteiger charge is 2.52. The van der Waals surface area contributed by atoms with Crippen LogP contribution < -0.4 is 18.9 Å². The largest absolute Gasteiger partial charge is 0.454 e. The summed E-state index contributed by atoms with van der Waals surface area (Å²) in [6.07, 6.45) is 1.33. The number of hydrogen-bond donors (Lipinski definition) is 0. The van der Waals surface area contributed by atoms with Crippen LogP contribution in [0, 0.1) is 0 Å². The van der Waals surface area contributed by atoms with E-state index in [1.54, 1.807) is 4.90 Å². The zero-order valence-electron chi connectivity index (χ0n) is 21.4. The molecule has 0 saturated carbocycles. The number of fused-ring (bicyclic) bond motifs is 3. The predicted octanol–water partition coefficient (Wildman–Crippen LogP) is 3.69. The lowest BCUT2D eigenvalue weighted by Crippen LogP contribution is -2.60. The second kappa shape index (κ2) is 8.87. The molecule has 11 nitrogen and oxygen atoms in total. The molecule has 2 atom stereocenters. The summed E-state index contributed by atoms with van der Waals surface area (Å²) in [6, 6.07) is 18.6. The molecule has 3 aromatic carbocycles. The molecule has 8 rings (SSSR count). The normalized spacial score (nSPS) is 21.6. The molecule has 2 saturated heterocycles. The highest BCUT2D eigenvalue weighted by Crippen LogP contribution is 2.52. The first-order valence-corrected chi connectivity index (χ1v) is 13.4. The molecule has 0 aliphatic carbocycles. The third-order valence-corrected chi connectivity index (χ3v) is 8.29. The first-order valence-electron chi connectivity index (χ1n) is 13.4. The summed E-state index contributed by atoms with van der Waals surface area (Å²) in [6.45, 7) is 1.40. The molecule has 4 aliphatic rings. The maximum atomic E-state index is 13.8. The number of piperidine rings is 1. The molecule has 0 unspecified atom stereocenters. The van der Waals surface area contributed by atoms with Crippen LogP contribution in [0.4, 0.5) is 4.79 Å². The second-order valence-corrected chi connectivity index (χ2v) is 10.4. The Morgan fingerprint density at radius 2 is 1.45 bits per heavy atom. The minimum Gasteiger partial charge on any atom is -0.454 e. The van der Waals surface area contributed by atoms with E-state index in [9.17, 15) is 9.59 Å². The highest BCUT2D eigenvalue weighted by atomic mass is 16.7. The third-order valence-electron chi connectivity index (χ3n) is 8.29. The van der Waals surface area contributed by atoms with Crippen LogP contribution in [0.2, 0.25) is 0 Å². The molecule has 4 aromatic rings. The molecule has 1 aromatic heterocycles. The fourth-order valence-electron chi connectivity index (χ4n) is 6.28. The number of para-hydroxylation sites is 1. The third kappa shape index (κ3) is 3.50. The highest BCUT2D eigenvalue weighted by molar-refractivity contribution is 5.92. The van der Waals surface area contributed by atoms with Crippen molar-refractivity contribution in [2.45, 2.75) is 30.8 Å². The van der Waals surface area contributed by atoms with Crippen LogP contribution in [0.1, 0.15) is 35.9 Å². The van der Waals surface area contributed by atoms with Crippen LogP contribution in [-0.2, 0) is 4.79 Å². The number of β-lactam (4-membered cyclic amide) rings is 1. The fourth-order valence-corrected chi connectivity index (χ4v) is 6.28. The van der Waals surface area contributed by atoms with Crippen LogP contribution in [0.15, 0.2) is 60.7 Å². The Labute approximate surface area is 228 Å². The second-order valence-electron chi connectivity index (χ2n) is 10.4. The molecule has 2 fully saturated rings. The van der Waals surface area contributed by atoms with Crippen LogP contribution >= 0.6 is 0 Å². The van der Waals surface area contributed by atoms with Crippen molar-refractivity contribution in [1.29, 1.82) is 0 Å². The molecule has 202 valence electrons. The summed E-state index contributed by atoms with van der Waals surface area (Å²) in [7, 11) is 0. The van der Waals surface area contributed by atoms with Gasteiger partial charge < -0.3 is 28.7 Å². The van der Waals surface area contributed by atoms with Crippen LogP contribution in [0.5, 0.6) is 23.0 Å². The summed E-state index contributed by atoms with van der Waals surface area (Å²) < 4.78 is 23.6. The lowest BCUT2D eigenvalue weighted by atomic mass is 9.75. The van der Waals surface area contributed by atoms with Gasteiger partial charge in [0.05, 0.1) is 17.5 Å². The Kier molecular flexibility index (Phi) is 5.13. The van der Waals surface area contributed by atoms with E-state index in [1.165, 1.54) is 4.68 Å². The molecular weight excluding hydrogens is 514 g/mol. The van der Waals surface area contributed by atoms with Crippen molar-refractivity contribution in [2.24, 2.45) is 0 Å². The Bertz CT molecular complexity index is 1660. The summed E-state index contributed by atoms with van der Waals surface area (Å²) in [5, 5.41) is 8.20. The minimum absolute atomic E-state index is 0.00951. The van der Waals surface area contributed by atoms with Gasteiger partial charge in [0.15, 0.2) is 23.0 Å². The van der Waals surface area contributed by atoms with Gasteiger partial charge in [0.2, 0.25) is 19.5 Å². The summed E-state index contributed by atoms with van der Waals surface area (Å²) in [4.78, 5) is 30.9. The zero-order chi connectivity index (χ0) is 26.8. The SMILES string of the molecule is O=C1[C@H](c2ccc3c(c2)OCO3)[C@@H](c2ccc3c(c2)OCO3)N1C1CCN(C(=O)n2nnc3ccccc32)CC1. The molecular formula is C29H25N5O6. The molecule has 0 N–H and O–H groups in total. The minimum atomic E-state index is -0.365. The summed E-state index contributed by atoms with van der Waals surface area (Å²) >= 11 is 0. The van der Waals surface area contributed by atoms with E-state index in [0.717, 1.165) is 11.1 Å². The van der Waals surface area contributed by atoms with Gasteiger partial charge in [-0.1, -0.05) is 29.5 Å². The summed E-state index contributed by atoms with van der Waals surface area (Å²) in [5.41, 5.74) is 3.23. The lowest BCUT2D eigenvalue weighted by molar-refractivity contribution is -0.156. The van der Waals surface area contributed by atoms with Crippen LogP contribution in [0.25, 0.3) is 11.0 Å². The van der Waals surface area contributed by atoms with Gasteiger partial charge in [0, 0.05) is 19.1 Å². The first-order chi connectivity index (χ1) is 19.7. The quantitative estimate of drug-likeness (QED) is 0.363. The number of carbonyl (C=O) groups excluding carboxylic acids is 2. The van der Waals surface area contributed by atoms with E-state index in [-0.39, 0.29) is 43.5 Å². The monoisotopic (exact) mass is 539 g/mol. The van der Waals surface area contributed by atoms with E-state index in [1.807, 2.05) is 65.6 Å². The predicted molar refractivity (Wildman–Crippen MR) is 140 cm³/mol. The number of likely N-dealkylation sites (tertiary alicyclic amines) is 2. The van der Waals surface area contributed by atoms with Gasteiger partial charge in [-0.05, 0) is 60.4 Å². The van der Waals surface area contributed by atoms with Crippen molar-refractivity contribution in [2.75, 3.05) is 26.7 Å². The molecule has 5 heterocycles. The molecule has 0 bridgehead atoms. The van der Waals surface area contributed by atoms with Gasteiger partial charge in [-0.25, -0.2) is 4.79 Å². The topological polar surface area (TPSA) is 108 Å². The fraction of sp³-hybridized carbons (Fsp3) is 0.310. The maximum Gasteiger partial charge on any atom is 0.346 e. The Balaban J connectivity index is 1.06. The first kappa shape index (κ1) is 23.1. The van der Waals surface area contributed by atoms with Crippen molar-refractivity contribution >= 4 is 23.0 Å². The summed E-state index contributed by atoms with van der Waals surface area (Å²) in [5.74, 6) is 2.42. The Hall–Kier alpha value is -4.80. The number of ether oxygens (including phenoxy) is 4. The Morgan fingerprint density at radius 3 is 2.20 bits per heavy atom. The van der Waals surface area contributed by atoms with Crippen molar-refractivity contribution in [3.63, 3.8) is 0 Å². The maximum absolute atomic E-state index is 13.8. The van der Waals surface area contributed by atoms with Crippen molar-refractivity contribution < 1.29 is 28.5 Å². The van der Waals surface area contributed by atoms with Crippen LogP contribution in [0.3, 0.4) is 0 Å². The molecule has 2 amide bonds. The van der Waals surface area contributed by atoms with E-state index < -0.39 is 0 Å². The zero-order valence-corrected chi connectivity index (χ0v) is 21.4. The number of hydrogen-bond acceptors (Lipinski definition) is 8. The van der Waals surface area contributed by atoms with E-state index in [0.29, 0.717) is 60.0 Å². The molecule has 0 radical (unpaired) electrons. The van der Waals surface area contributed by atoms with Gasteiger partial charge in [-0.15, -0.1) is 5.10 Å². The number of amides is 2. The molecule has 0 spiro atoms. The molecule has 40 heavy (non-hydrogen) atoms. The van der Waals surface area contributed by atoms with Gasteiger partial charge in [-0.3, -0.25) is 4.79 Å². The van der Waals surface area contributed by atoms with E-state index >= 15 is 0 Å². The van der Waals surface area contributed by atoms with Crippen LogP contribution in [-0.4, -0.2) is 69.4 Å². The number of aromatic nitrogens is 3. The Morgan fingerprint density at radius 1 is 0.800 bits per heavy atom. The van der Waals surface area contributed by atoms with E-state index in [4.69, 9.17) is 18.9 Å². The number of benzene rings is 3. The van der Waals surface area contributed by atoms with Gasteiger partial charge in [0.1, 0.15) is 5.52 Å². The lowest BCUT2D eigenvalue weighted by Gasteiger charge is -2.53. The molecule has 4 aliphatic heterocycles. The number of nitrogens with zero attached hydrogens (tertiary/aromatic N) is 5. The van der Waals surface area contributed by atoms with Crippen molar-refractivity contribution in [3.05, 3.63) is 71.8 Å².